The Hall–Kier alpha value is -9.24. The van der Waals surface area contributed by atoms with Crippen molar-refractivity contribution in [2.24, 2.45) is 0 Å². The Morgan fingerprint density at radius 1 is 0.286 bits per heavy atom. The highest BCUT2D eigenvalue weighted by Crippen LogP contribution is 2.57. The smallest absolute Gasteiger partial charge is 0.0541 e. The van der Waals surface area contributed by atoms with Crippen molar-refractivity contribution in [3.8, 4) is 67.0 Å². The van der Waals surface area contributed by atoms with Crippen molar-refractivity contribution in [2.75, 3.05) is 0 Å². The zero-order valence-electron chi connectivity index (χ0n) is 44.1. The molecule has 0 spiro atoms. The molecule has 366 valence electrons. The molecule has 11 aromatic carbocycles. The van der Waals surface area contributed by atoms with Crippen molar-refractivity contribution in [3.05, 3.63) is 276 Å². The Kier molecular flexibility index (Phi) is 9.91. The Morgan fingerprint density at radius 3 is 1.14 bits per heavy atom. The van der Waals surface area contributed by atoms with Crippen LogP contribution in [0, 0.1) is 6.92 Å². The van der Waals surface area contributed by atoms with Gasteiger partial charge in [-0.3, -0.25) is 0 Å². The molecule has 77 heavy (non-hydrogen) atoms. The number of hydrogen-bond donors (Lipinski definition) is 0. The van der Waals surface area contributed by atoms with E-state index >= 15 is 0 Å². The van der Waals surface area contributed by atoms with Crippen molar-refractivity contribution in [1.82, 2.24) is 9.13 Å². The number of benzene rings is 11. The van der Waals surface area contributed by atoms with E-state index in [-0.39, 0.29) is 10.8 Å². The summed E-state index contributed by atoms with van der Waals surface area (Å²) in [6.45, 7) is 11.8. The summed E-state index contributed by atoms with van der Waals surface area (Å²) < 4.78 is 4.77. The summed E-state index contributed by atoms with van der Waals surface area (Å²) in [7, 11) is 0. The highest BCUT2D eigenvalue weighted by atomic mass is 15.0. The molecular formula is C75H56N2. The van der Waals surface area contributed by atoms with Gasteiger partial charge in [-0.05, 0) is 181 Å². The van der Waals surface area contributed by atoms with Crippen LogP contribution in [0.1, 0.15) is 66.6 Å². The van der Waals surface area contributed by atoms with Crippen LogP contribution in [0.3, 0.4) is 0 Å². The molecule has 0 N–H and O–H groups in total. The third-order valence-corrected chi connectivity index (χ3v) is 17.4. The molecule has 13 aromatic rings. The van der Waals surface area contributed by atoms with E-state index in [2.05, 4.69) is 292 Å². The van der Waals surface area contributed by atoms with Crippen molar-refractivity contribution in [1.29, 1.82) is 0 Å². The number of para-hydroxylation sites is 3. The molecule has 0 unspecified atom stereocenters. The van der Waals surface area contributed by atoms with Crippen LogP contribution in [0.4, 0.5) is 0 Å². The number of aromatic nitrogens is 2. The first kappa shape index (κ1) is 45.2. The number of aryl methyl sites for hydroxylation is 1. The second kappa shape index (κ2) is 16.9. The predicted octanol–water partition coefficient (Wildman–Crippen LogP) is 20.0. The maximum atomic E-state index is 2.53. The maximum Gasteiger partial charge on any atom is 0.0541 e. The number of nitrogens with zero attached hydrogens (tertiary/aromatic N) is 2. The van der Waals surface area contributed by atoms with Gasteiger partial charge >= 0.3 is 0 Å². The summed E-state index contributed by atoms with van der Waals surface area (Å²) in [5.74, 6) is 0. The molecule has 0 saturated carbocycles. The van der Waals surface area contributed by atoms with Gasteiger partial charge < -0.3 is 9.13 Å². The lowest BCUT2D eigenvalue weighted by Crippen LogP contribution is -2.17. The molecule has 15 rings (SSSR count). The summed E-state index contributed by atoms with van der Waals surface area (Å²) in [4.78, 5) is 0. The molecule has 0 bridgehead atoms. The molecule has 0 fully saturated rings. The third-order valence-electron chi connectivity index (χ3n) is 17.4. The topological polar surface area (TPSA) is 9.86 Å². The number of rotatable bonds is 7. The van der Waals surface area contributed by atoms with Crippen molar-refractivity contribution >= 4 is 55.8 Å². The number of hydrogen-bond acceptors (Lipinski definition) is 0. The van der Waals surface area contributed by atoms with Crippen LogP contribution >= 0.6 is 0 Å². The van der Waals surface area contributed by atoms with E-state index in [0.29, 0.717) is 0 Å². The van der Waals surface area contributed by atoms with Crippen LogP contribution in [0.25, 0.3) is 123 Å². The maximum absolute atomic E-state index is 2.53. The van der Waals surface area contributed by atoms with E-state index in [1.54, 1.807) is 0 Å². The van der Waals surface area contributed by atoms with Crippen LogP contribution in [0.5, 0.6) is 0 Å². The molecule has 0 atom stereocenters. The van der Waals surface area contributed by atoms with E-state index in [0.717, 1.165) is 0 Å². The van der Waals surface area contributed by atoms with Crippen molar-refractivity contribution in [3.63, 3.8) is 0 Å². The standard InChI is InChI=1S/C75H56N2/c1-47-19-35-57(36-20-47)77-71-18-12-10-16-61(71)65-42-53(34-40-73(65)77)55-32-38-59-63-46-68-62(45-69(63)75(4,5)67(59)44-55)58-37-31-54(43-66(58)74(68,2)3)51-29-25-49(26-30-51)22-21-48-23-27-50(28-24-48)52-33-39-72-64(41-52)60-15-9-11-17-70(60)76(72)56-13-7-6-8-14-56/h6-46H,1-5H3. The largest absolute Gasteiger partial charge is 0.309 e. The Morgan fingerprint density at radius 2 is 0.649 bits per heavy atom. The number of fused-ring (bicyclic) bond motifs is 12. The van der Waals surface area contributed by atoms with Crippen LogP contribution in [-0.4, -0.2) is 9.13 Å². The summed E-state index contributed by atoms with van der Waals surface area (Å²) in [5.41, 5.74) is 29.1. The zero-order valence-corrected chi connectivity index (χ0v) is 44.1. The highest BCUT2D eigenvalue weighted by molar-refractivity contribution is 6.12. The minimum Gasteiger partial charge on any atom is -0.309 e. The van der Waals surface area contributed by atoms with Gasteiger partial charge in [-0.1, -0.05) is 197 Å². The molecule has 2 aliphatic rings. The minimum absolute atomic E-state index is 0.149. The van der Waals surface area contributed by atoms with Crippen molar-refractivity contribution in [2.45, 2.75) is 45.4 Å². The highest BCUT2D eigenvalue weighted by Gasteiger charge is 2.42. The normalized spacial score (nSPS) is 13.9. The van der Waals surface area contributed by atoms with Gasteiger partial charge in [0, 0.05) is 43.7 Å². The van der Waals surface area contributed by atoms with Crippen molar-refractivity contribution < 1.29 is 0 Å². The lowest BCUT2D eigenvalue weighted by Gasteiger charge is -2.24. The summed E-state index contributed by atoms with van der Waals surface area (Å²) in [6, 6.07) is 88.3. The molecule has 2 heterocycles. The molecule has 2 aromatic heterocycles. The van der Waals surface area contributed by atoms with Crippen LogP contribution in [0.15, 0.2) is 237 Å². The van der Waals surface area contributed by atoms with Crippen LogP contribution in [0.2, 0.25) is 0 Å². The summed E-state index contributed by atoms with van der Waals surface area (Å²) >= 11 is 0. The first-order chi connectivity index (χ1) is 37.6. The first-order valence-electron chi connectivity index (χ1n) is 27.1. The Labute approximate surface area is 450 Å². The van der Waals surface area contributed by atoms with Gasteiger partial charge in [-0.2, -0.15) is 0 Å². The second-order valence-electron chi connectivity index (χ2n) is 22.6. The molecule has 0 aliphatic heterocycles. The molecule has 0 radical (unpaired) electrons. The Bertz CT molecular complexity index is 4580. The molecule has 2 aliphatic carbocycles. The van der Waals surface area contributed by atoms with Gasteiger partial charge in [0.2, 0.25) is 0 Å². The minimum atomic E-state index is -0.156. The van der Waals surface area contributed by atoms with E-state index in [4.69, 9.17) is 0 Å². The van der Waals surface area contributed by atoms with Gasteiger partial charge in [-0.15, -0.1) is 0 Å². The SMILES string of the molecule is Cc1ccc(-n2c3ccccc3c3cc(-c4ccc5c(c4)C(C)(C)c4cc6c(cc4-5)C(C)(C)c4cc(-c5ccc(C=Cc7ccc(-c8ccc9c(c8)c8ccccc8n9-c8ccccc8)cc7)cc5)ccc4-6)ccc32)cc1. The average Bonchev–Trinajstić information content (AvgIpc) is 4.16. The van der Waals surface area contributed by atoms with Crippen LogP contribution in [-0.2, 0) is 10.8 Å². The molecule has 2 nitrogen and oxygen atoms in total. The van der Waals surface area contributed by atoms with Gasteiger partial charge in [0.25, 0.3) is 0 Å². The Balaban J connectivity index is 0.677. The summed E-state index contributed by atoms with van der Waals surface area (Å²) in [6.07, 6.45) is 4.44. The first-order valence-corrected chi connectivity index (χ1v) is 27.1. The molecule has 2 heteroatoms. The van der Waals surface area contributed by atoms with E-state index in [1.807, 2.05) is 0 Å². The molecule has 0 amide bonds. The van der Waals surface area contributed by atoms with Gasteiger partial charge in [0.05, 0.1) is 22.1 Å². The quantitative estimate of drug-likeness (QED) is 0.141. The van der Waals surface area contributed by atoms with E-state index in [9.17, 15) is 0 Å². The zero-order chi connectivity index (χ0) is 51.7. The predicted molar refractivity (Wildman–Crippen MR) is 327 cm³/mol. The summed E-state index contributed by atoms with van der Waals surface area (Å²) in [5, 5.41) is 5.09. The van der Waals surface area contributed by atoms with Crippen LogP contribution < -0.4 is 0 Å². The van der Waals surface area contributed by atoms with E-state index < -0.39 is 0 Å². The fourth-order valence-electron chi connectivity index (χ4n) is 13.2. The fraction of sp³-hybridized carbons (Fsp3) is 0.0933. The third kappa shape index (κ3) is 7.02. The second-order valence-corrected chi connectivity index (χ2v) is 22.6. The lowest BCUT2D eigenvalue weighted by molar-refractivity contribution is 0.652. The monoisotopic (exact) mass is 984 g/mol. The van der Waals surface area contributed by atoms with Gasteiger partial charge in [0.15, 0.2) is 0 Å². The average molecular weight is 985 g/mol. The van der Waals surface area contributed by atoms with Gasteiger partial charge in [0.1, 0.15) is 0 Å². The van der Waals surface area contributed by atoms with Gasteiger partial charge in [-0.25, -0.2) is 0 Å². The van der Waals surface area contributed by atoms with E-state index in [1.165, 1.54) is 150 Å². The lowest BCUT2D eigenvalue weighted by atomic mass is 9.79. The molecule has 0 saturated heterocycles. The fourth-order valence-corrected chi connectivity index (χ4v) is 13.2. The molecular weight excluding hydrogens is 929 g/mol.